The van der Waals surface area contributed by atoms with Gasteiger partial charge < -0.3 is 19.9 Å². The fourth-order valence-electron chi connectivity index (χ4n) is 2.92. The molecule has 0 saturated carbocycles. The van der Waals surface area contributed by atoms with Gasteiger partial charge >= 0.3 is 11.9 Å². The number of esters is 1. The molecule has 0 aliphatic carbocycles. The molecule has 0 radical (unpaired) electrons. The Labute approximate surface area is 149 Å². The number of rotatable bonds is 6. The molecule has 1 unspecified atom stereocenters. The van der Waals surface area contributed by atoms with E-state index in [0.29, 0.717) is 0 Å². The van der Waals surface area contributed by atoms with E-state index in [1.807, 2.05) is 0 Å². The average Bonchev–Trinajstić information content (AvgIpc) is 2.54. The molecule has 0 spiro atoms. The van der Waals surface area contributed by atoms with Crippen LogP contribution in [0.25, 0.3) is 0 Å². The largest absolute Gasteiger partial charge is 0.478 e. The SMILES string of the molecule is COCCOC(=O)C1=C(C)NC(C)=C(C(=O)O)C1c1c(F)cccc1F. The molecule has 26 heavy (non-hydrogen) atoms. The van der Waals surface area contributed by atoms with Crippen molar-refractivity contribution in [3.8, 4) is 0 Å². The molecule has 8 heteroatoms. The first-order valence-electron chi connectivity index (χ1n) is 7.81. The van der Waals surface area contributed by atoms with Gasteiger partial charge in [-0.1, -0.05) is 6.07 Å². The summed E-state index contributed by atoms with van der Waals surface area (Å²) in [6.07, 6.45) is 0. The highest BCUT2D eigenvalue weighted by Crippen LogP contribution is 2.40. The van der Waals surface area contributed by atoms with Crippen molar-refractivity contribution in [3.05, 3.63) is 57.9 Å². The van der Waals surface area contributed by atoms with Crippen molar-refractivity contribution in [1.82, 2.24) is 5.32 Å². The van der Waals surface area contributed by atoms with Gasteiger partial charge in [-0.25, -0.2) is 18.4 Å². The molecular weight excluding hydrogens is 348 g/mol. The van der Waals surface area contributed by atoms with Crippen LogP contribution in [-0.4, -0.2) is 37.4 Å². The number of hydrogen-bond acceptors (Lipinski definition) is 5. The van der Waals surface area contributed by atoms with Crippen LogP contribution in [-0.2, 0) is 19.1 Å². The Bertz CT molecular complexity index is 781. The molecule has 1 heterocycles. The van der Waals surface area contributed by atoms with Crippen LogP contribution in [0.15, 0.2) is 40.7 Å². The lowest BCUT2D eigenvalue weighted by Crippen LogP contribution is -2.33. The second kappa shape index (κ2) is 8.09. The fraction of sp³-hybridized carbons (Fsp3) is 0.333. The number of hydrogen-bond donors (Lipinski definition) is 2. The van der Waals surface area contributed by atoms with Gasteiger partial charge in [0.25, 0.3) is 0 Å². The average molecular weight is 367 g/mol. The highest BCUT2D eigenvalue weighted by Gasteiger charge is 2.40. The van der Waals surface area contributed by atoms with E-state index < -0.39 is 35.1 Å². The Morgan fingerprint density at radius 3 is 2.23 bits per heavy atom. The zero-order valence-corrected chi connectivity index (χ0v) is 14.6. The summed E-state index contributed by atoms with van der Waals surface area (Å²) in [7, 11) is 1.42. The Morgan fingerprint density at radius 2 is 1.69 bits per heavy atom. The third-order valence-electron chi connectivity index (χ3n) is 4.02. The maximum absolute atomic E-state index is 14.4. The minimum Gasteiger partial charge on any atom is -0.478 e. The van der Waals surface area contributed by atoms with Crippen LogP contribution in [0, 0.1) is 11.6 Å². The van der Waals surface area contributed by atoms with E-state index in [9.17, 15) is 23.5 Å². The zero-order valence-electron chi connectivity index (χ0n) is 14.6. The van der Waals surface area contributed by atoms with Crippen molar-refractivity contribution in [2.45, 2.75) is 19.8 Å². The lowest BCUT2D eigenvalue weighted by atomic mass is 9.80. The van der Waals surface area contributed by atoms with E-state index >= 15 is 0 Å². The second-order valence-electron chi connectivity index (χ2n) is 5.70. The molecule has 2 rings (SSSR count). The summed E-state index contributed by atoms with van der Waals surface area (Å²) in [5, 5.41) is 12.4. The molecule has 0 bridgehead atoms. The van der Waals surface area contributed by atoms with Crippen LogP contribution in [0.5, 0.6) is 0 Å². The van der Waals surface area contributed by atoms with Crippen LogP contribution < -0.4 is 5.32 Å². The molecule has 1 aliphatic rings. The number of carbonyl (C=O) groups excluding carboxylic acids is 1. The maximum atomic E-state index is 14.4. The normalized spacial score (nSPS) is 17.2. The van der Waals surface area contributed by atoms with Gasteiger partial charge in [0.2, 0.25) is 0 Å². The number of benzene rings is 1. The Kier molecular flexibility index (Phi) is 6.10. The van der Waals surface area contributed by atoms with Gasteiger partial charge in [0.1, 0.15) is 18.2 Å². The van der Waals surface area contributed by atoms with Gasteiger partial charge in [-0.15, -0.1) is 0 Å². The van der Waals surface area contributed by atoms with Crippen LogP contribution in [0.2, 0.25) is 0 Å². The van der Waals surface area contributed by atoms with E-state index in [2.05, 4.69) is 5.32 Å². The summed E-state index contributed by atoms with van der Waals surface area (Å²) in [6, 6.07) is 3.19. The van der Waals surface area contributed by atoms with Crippen molar-refractivity contribution < 1.29 is 33.0 Å². The Morgan fingerprint density at radius 1 is 1.12 bits per heavy atom. The predicted octanol–water partition coefficient (Wildman–Crippen LogP) is 2.47. The number of dihydropyridines is 1. The van der Waals surface area contributed by atoms with Gasteiger partial charge in [-0.2, -0.15) is 0 Å². The van der Waals surface area contributed by atoms with Gasteiger partial charge in [-0.3, -0.25) is 0 Å². The third-order valence-corrected chi connectivity index (χ3v) is 4.02. The number of methoxy groups -OCH3 is 1. The number of allylic oxidation sites excluding steroid dienone is 2. The molecular formula is C18H19F2NO5. The minimum atomic E-state index is -1.44. The molecule has 0 amide bonds. The predicted molar refractivity (Wildman–Crippen MR) is 88.1 cm³/mol. The molecule has 140 valence electrons. The molecule has 2 N–H and O–H groups in total. The molecule has 0 saturated heterocycles. The summed E-state index contributed by atoms with van der Waals surface area (Å²) < 4.78 is 38.7. The molecule has 1 aliphatic heterocycles. The number of ether oxygens (including phenoxy) is 2. The van der Waals surface area contributed by atoms with E-state index in [4.69, 9.17) is 9.47 Å². The van der Waals surface area contributed by atoms with Gasteiger partial charge in [-0.05, 0) is 26.0 Å². The monoisotopic (exact) mass is 367 g/mol. The van der Waals surface area contributed by atoms with E-state index in [0.717, 1.165) is 12.1 Å². The van der Waals surface area contributed by atoms with E-state index in [1.54, 1.807) is 0 Å². The number of carbonyl (C=O) groups is 2. The fourth-order valence-corrected chi connectivity index (χ4v) is 2.92. The summed E-state index contributed by atoms with van der Waals surface area (Å²) in [5.41, 5.74) is -0.533. The van der Waals surface area contributed by atoms with Crippen LogP contribution in [0.1, 0.15) is 25.3 Å². The van der Waals surface area contributed by atoms with Gasteiger partial charge in [0, 0.05) is 24.1 Å². The summed E-state index contributed by atoms with van der Waals surface area (Å²) in [4.78, 5) is 24.3. The summed E-state index contributed by atoms with van der Waals surface area (Å²) in [6.45, 7) is 3.03. The highest BCUT2D eigenvalue weighted by molar-refractivity contribution is 5.99. The molecule has 1 aromatic carbocycles. The van der Waals surface area contributed by atoms with Gasteiger partial charge in [0.15, 0.2) is 0 Å². The lowest BCUT2D eigenvalue weighted by Gasteiger charge is -2.30. The highest BCUT2D eigenvalue weighted by atomic mass is 19.1. The first kappa shape index (κ1) is 19.6. The number of carboxylic acids is 1. The third kappa shape index (κ3) is 3.75. The Balaban J connectivity index is 2.62. The van der Waals surface area contributed by atoms with E-state index in [-0.39, 0.29) is 35.8 Å². The second-order valence-corrected chi connectivity index (χ2v) is 5.70. The zero-order chi connectivity index (χ0) is 19.4. The topological polar surface area (TPSA) is 84.9 Å². The number of nitrogens with one attached hydrogen (secondary N) is 1. The quantitative estimate of drug-likeness (QED) is 0.594. The van der Waals surface area contributed by atoms with Crippen molar-refractivity contribution in [3.63, 3.8) is 0 Å². The van der Waals surface area contributed by atoms with Crippen molar-refractivity contribution in [1.29, 1.82) is 0 Å². The van der Waals surface area contributed by atoms with Crippen LogP contribution in [0.3, 0.4) is 0 Å². The smallest absolute Gasteiger partial charge is 0.336 e. The first-order valence-corrected chi connectivity index (χ1v) is 7.81. The minimum absolute atomic E-state index is 0.0797. The summed E-state index contributed by atoms with van der Waals surface area (Å²) >= 11 is 0. The lowest BCUT2D eigenvalue weighted by molar-refractivity contribution is -0.140. The molecule has 1 aromatic rings. The van der Waals surface area contributed by atoms with E-state index in [1.165, 1.54) is 27.0 Å². The van der Waals surface area contributed by atoms with Crippen molar-refractivity contribution >= 4 is 11.9 Å². The molecule has 0 fully saturated rings. The number of carboxylic acid groups (broad SMARTS) is 1. The van der Waals surface area contributed by atoms with Crippen LogP contribution >= 0.6 is 0 Å². The molecule has 6 nitrogen and oxygen atoms in total. The first-order chi connectivity index (χ1) is 12.3. The summed E-state index contributed by atoms with van der Waals surface area (Å²) in [5.74, 6) is -5.59. The molecule has 1 atom stereocenters. The number of aliphatic carboxylic acids is 1. The maximum Gasteiger partial charge on any atom is 0.336 e. The van der Waals surface area contributed by atoms with Crippen molar-refractivity contribution in [2.24, 2.45) is 0 Å². The molecule has 0 aromatic heterocycles. The van der Waals surface area contributed by atoms with Gasteiger partial charge in [0.05, 0.1) is 23.7 Å². The standard InChI is InChI=1S/C18H19F2NO5/c1-9-13(17(22)23)16(15-11(19)5-4-6-12(15)20)14(10(2)21-9)18(24)26-8-7-25-3/h4-6,16,21H,7-8H2,1-3H3,(H,22,23). The van der Waals surface area contributed by atoms with Crippen molar-refractivity contribution in [2.75, 3.05) is 20.3 Å². The Hall–Kier alpha value is -2.74. The number of halogens is 2. The van der Waals surface area contributed by atoms with Crippen LogP contribution in [0.4, 0.5) is 8.78 Å².